The van der Waals surface area contributed by atoms with Crippen LogP contribution >= 0.6 is 0 Å². The maximum absolute atomic E-state index is 11.3. The highest BCUT2D eigenvalue weighted by atomic mass is 16.5. The molecule has 86 valence electrons. The van der Waals surface area contributed by atoms with Crippen molar-refractivity contribution in [2.45, 2.75) is 19.3 Å². The van der Waals surface area contributed by atoms with E-state index in [1.807, 2.05) is 30.3 Å². The summed E-state index contributed by atoms with van der Waals surface area (Å²) in [6, 6.07) is 9.72. The van der Waals surface area contributed by atoms with Crippen LogP contribution in [0.1, 0.15) is 19.3 Å². The van der Waals surface area contributed by atoms with Crippen molar-refractivity contribution in [3.63, 3.8) is 0 Å². The first-order valence-electron chi connectivity index (χ1n) is 5.82. The van der Waals surface area contributed by atoms with Crippen LogP contribution < -0.4 is 10.1 Å². The lowest BCUT2D eigenvalue weighted by Gasteiger charge is -2.06. The molecule has 1 fully saturated rings. The predicted molar refractivity (Wildman–Crippen MR) is 62.3 cm³/mol. The summed E-state index contributed by atoms with van der Waals surface area (Å²) < 4.78 is 5.51. The molecule has 1 aliphatic rings. The highest BCUT2D eigenvalue weighted by molar-refractivity contribution is 5.80. The Bertz CT molecular complexity index is 333. The van der Waals surface area contributed by atoms with E-state index < -0.39 is 0 Å². The first kappa shape index (κ1) is 11.0. The van der Waals surface area contributed by atoms with Crippen molar-refractivity contribution in [2.75, 3.05) is 13.2 Å². The Morgan fingerprint density at radius 3 is 2.75 bits per heavy atom. The summed E-state index contributed by atoms with van der Waals surface area (Å²) >= 11 is 0. The van der Waals surface area contributed by atoms with Gasteiger partial charge in [0.15, 0.2) is 0 Å². The fourth-order valence-electron chi connectivity index (χ4n) is 1.48. The fraction of sp³-hybridized carbons (Fsp3) is 0.462. The van der Waals surface area contributed by atoms with Crippen molar-refractivity contribution >= 4 is 5.91 Å². The molecule has 1 amide bonds. The van der Waals surface area contributed by atoms with Gasteiger partial charge in [-0.05, 0) is 31.4 Å². The van der Waals surface area contributed by atoms with Crippen LogP contribution in [0.4, 0.5) is 0 Å². The predicted octanol–water partition coefficient (Wildman–Crippen LogP) is 1.98. The minimum absolute atomic E-state index is 0.208. The van der Waals surface area contributed by atoms with E-state index in [1.165, 1.54) is 0 Å². The topological polar surface area (TPSA) is 38.3 Å². The fourth-order valence-corrected chi connectivity index (χ4v) is 1.48. The Hall–Kier alpha value is -1.51. The lowest BCUT2D eigenvalue weighted by molar-refractivity contribution is -0.122. The van der Waals surface area contributed by atoms with Gasteiger partial charge >= 0.3 is 0 Å². The Kier molecular flexibility index (Phi) is 3.81. The van der Waals surface area contributed by atoms with Crippen LogP contribution in [0.15, 0.2) is 30.3 Å². The average molecular weight is 219 g/mol. The molecule has 1 saturated carbocycles. The molecule has 3 heteroatoms. The van der Waals surface area contributed by atoms with E-state index in [2.05, 4.69) is 5.32 Å². The average Bonchev–Trinajstić information content (AvgIpc) is 3.13. The minimum atomic E-state index is 0.208. The van der Waals surface area contributed by atoms with E-state index in [0.29, 0.717) is 19.1 Å². The minimum Gasteiger partial charge on any atom is -0.494 e. The highest BCUT2D eigenvalue weighted by Crippen LogP contribution is 2.28. The molecule has 0 atom stereocenters. The van der Waals surface area contributed by atoms with Gasteiger partial charge in [-0.25, -0.2) is 0 Å². The SMILES string of the molecule is O=C(NCCCOc1ccccc1)C1CC1. The molecule has 0 aromatic heterocycles. The molecule has 0 aliphatic heterocycles. The Morgan fingerprint density at radius 1 is 1.31 bits per heavy atom. The molecule has 0 saturated heterocycles. The number of para-hydroxylation sites is 1. The maximum atomic E-state index is 11.3. The number of rotatable bonds is 6. The van der Waals surface area contributed by atoms with E-state index in [-0.39, 0.29) is 5.91 Å². The van der Waals surface area contributed by atoms with Crippen molar-refractivity contribution < 1.29 is 9.53 Å². The zero-order valence-corrected chi connectivity index (χ0v) is 9.32. The second kappa shape index (κ2) is 5.54. The van der Waals surface area contributed by atoms with E-state index in [1.54, 1.807) is 0 Å². The van der Waals surface area contributed by atoms with E-state index in [0.717, 1.165) is 25.0 Å². The summed E-state index contributed by atoms with van der Waals surface area (Å²) in [4.78, 5) is 11.3. The molecule has 0 unspecified atom stereocenters. The van der Waals surface area contributed by atoms with Gasteiger partial charge in [-0.1, -0.05) is 18.2 Å². The van der Waals surface area contributed by atoms with Gasteiger partial charge in [-0.3, -0.25) is 4.79 Å². The zero-order chi connectivity index (χ0) is 11.2. The summed E-state index contributed by atoms with van der Waals surface area (Å²) in [5.41, 5.74) is 0. The van der Waals surface area contributed by atoms with Gasteiger partial charge in [-0.2, -0.15) is 0 Å². The summed E-state index contributed by atoms with van der Waals surface area (Å²) in [6.45, 7) is 1.36. The molecule has 0 bridgehead atoms. The van der Waals surface area contributed by atoms with Crippen LogP contribution in [0.25, 0.3) is 0 Å². The zero-order valence-electron chi connectivity index (χ0n) is 9.32. The third kappa shape index (κ3) is 3.57. The van der Waals surface area contributed by atoms with Crippen LogP contribution in [-0.2, 0) is 4.79 Å². The Labute approximate surface area is 95.8 Å². The molecule has 1 aromatic carbocycles. The van der Waals surface area contributed by atoms with Crippen molar-refractivity contribution in [3.05, 3.63) is 30.3 Å². The van der Waals surface area contributed by atoms with Gasteiger partial charge in [0.25, 0.3) is 0 Å². The number of carbonyl (C=O) groups excluding carboxylic acids is 1. The van der Waals surface area contributed by atoms with Crippen molar-refractivity contribution in [1.82, 2.24) is 5.32 Å². The van der Waals surface area contributed by atoms with Crippen molar-refractivity contribution in [3.8, 4) is 5.75 Å². The Morgan fingerprint density at radius 2 is 2.06 bits per heavy atom. The van der Waals surface area contributed by atoms with Crippen LogP contribution in [0, 0.1) is 5.92 Å². The van der Waals surface area contributed by atoms with Crippen LogP contribution in [0.5, 0.6) is 5.75 Å². The molecule has 3 nitrogen and oxygen atoms in total. The summed E-state index contributed by atoms with van der Waals surface area (Å²) in [6.07, 6.45) is 2.98. The standard InChI is InChI=1S/C13H17NO2/c15-13(11-7-8-11)14-9-4-10-16-12-5-2-1-3-6-12/h1-3,5-6,11H,4,7-10H2,(H,14,15). The van der Waals surface area contributed by atoms with Gasteiger partial charge in [0.1, 0.15) is 5.75 Å². The first-order valence-corrected chi connectivity index (χ1v) is 5.82. The molecule has 1 N–H and O–H groups in total. The van der Waals surface area contributed by atoms with E-state index >= 15 is 0 Å². The molecule has 16 heavy (non-hydrogen) atoms. The summed E-state index contributed by atoms with van der Waals surface area (Å²) in [7, 11) is 0. The first-order chi connectivity index (χ1) is 7.86. The van der Waals surface area contributed by atoms with Crippen molar-refractivity contribution in [1.29, 1.82) is 0 Å². The van der Waals surface area contributed by atoms with Gasteiger partial charge in [0, 0.05) is 12.5 Å². The largest absolute Gasteiger partial charge is 0.494 e. The lowest BCUT2D eigenvalue weighted by Crippen LogP contribution is -2.26. The third-order valence-corrected chi connectivity index (χ3v) is 2.58. The second-order valence-electron chi connectivity index (χ2n) is 4.08. The number of hydrogen-bond acceptors (Lipinski definition) is 2. The molecule has 0 radical (unpaired) electrons. The molecular weight excluding hydrogens is 202 g/mol. The van der Waals surface area contributed by atoms with Gasteiger partial charge in [0.2, 0.25) is 5.91 Å². The highest BCUT2D eigenvalue weighted by Gasteiger charge is 2.28. The molecule has 0 heterocycles. The van der Waals surface area contributed by atoms with E-state index in [9.17, 15) is 4.79 Å². The monoisotopic (exact) mass is 219 g/mol. The maximum Gasteiger partial charge on any atom is 0.223 e. The lowest BCUT2D eigenvalue weighted by atomic mass is 10.3. The number of nitrogens with one attached hydrogen (secondary N) is 1. The molecule has 2 rings (SSSR count). The molecular formula is C13H17NO2. The second-order valence-corrected chi connectivity index (χ2v) is 4.08. The summed E-state index contributed by atoms with van der Waals surface area (Å²) in [5.74, 6) is 1.39. The quantitative estimate of drug-likeness (QED) is 0.743. The molecule has 0 spiro atoms. The van der Waals surface area contributed by atoms with Crippen molar-refractivity contribution in [2.24, 2.45) is 5.92 Å². The normalized spacial score (nSPS) is 14.5. The Balaban J connectivity index is 1.53. The van der Waals surface area contributed by atoms with Gasteiger partial charge in [0.05, 0.1) is 6.61 Å². The van der Waals surface area contributed by atoms with Gasteiger partial charge < -0.3 is 10.1 Å². The van der Waals surface area contributed by atoms with Crippen LogP contribution in [0.3, 0.4) is 0 Å². The number of amides is 1. The number of benzene rings is 1. The van der Waals surface area contributed by atoms with Gasteiger partial charge in [-0.15, -0.1) is 0 Å². The number of ether oxygens (including phenoxy) is 1. The number of carbonyl (C=O) groups is 1. The molecule has 1 aliphatic carbocycles. The van der Waals surface area contributed by atoms with Crippen LogP contribution in [-0.4, -0.2) is 19.1 Å². The molecule has 1 aromatic rings. The third-order valence-electron chi connectivity index (χ3n) is 2.58. The summed E-state index contributed by atoms with van der Waals surface area (Å²) in [5, 5.41) is 2.91. The number of hydrogen-bond donors (Lipinski definition) is 1. The van der Waals surface area contributed by atoms with E-state index in [4.69, 9.17) is 4.74 Å². The smallest absolute Gasteiger partial charge is 0.223 e. The van der Waals surface area contributed by atoms with Crippen LogP contribution in [0.2, 0.25) is 0 Å².